The zero-order valence-electron chi connectivity index (χ0n) is 14.2. The van der Waals surface area contributed by atoms with Gasteiger partial charge in [-0.1, -0.05) is 36.4 Å². The summed E-state index contributed by atoms with van der Waals surface area (Å²) >= 11 is 0. The van der Waals surface area contributed by atoms with E-state index in [4.69, 9.17) is 9.47 Å². The number of para-hydroxylation sites is 2. The molecule has 1 unspecified atom stereocenters. The van der Waals surface area contributed by atoms with Crippen molar-refractivity contribution in [3.8, 4) is 11.5 Å². The molecule has 132 valence electrons. The molecule has 0 radical (unpaired) electrons. The Morgan fingerprint density at radius 2 is 1.96 bits per heavy atom. The van der Waals surface area contributed by atoms with Crippen LogP contribution in [0, 0.1) is 0 Å². The molecule has 0 aromatic heterocycles. The zero-order valence-corrected chi connectivity index (χ0v) is 14.2. The molecule has 0 bridgehead atoms. The second-order valence-electron chi connectivity index (χ2n) is 6.02. The minimum atomic E-state index is -0.0255. The first-order valence-electron chi connectivity index (χ1n) is 8.71. The lowest BCUT2D eigenvalue weighted by atomic mass is 10.1. The van der Waals surface area contributed by atoms with E-state index in [0.29, 0.717) is 19.6 Å². The highest BCUT2D eigenvalue weighted by Gasteiger charge is 2.17. The summed E-state index contributed by atoms with van der Waals surface area (Å²) in [5.74, 6) is 1.65. The molecule has 5 heteroatoms. The third-order valence-electron chi connectivity index (χ3n) is 4.08. The van der Waals surface area contributed by atoms with Crippen LogP contribution in [0.4, 0.5) is 0 Å². The molecule has 2 aromatic carbocycles. The largest absolute Gasteiger partial charge is 0.457 e. The average Bonchev–Trinajstić information content (AvgIpc) is 2.65. The van der Waals surface area contributed by atoms with E-state index in [0.717, 1.165) is 36.6 Å². The predicted molar refractivity (Wildman–Crippen MR) is 96.9 cm³/mol. The van der Waals surface area contributed by atoms with Crippen LogP contribution in [0.15, 0.2) is 54.6 Å². The van der Waals surface area contributed by atoms with Crippen LogP contribution in [0.1, 0.15) is 12.0 Å². The second-order valence-corrected chi connectivity index (χ2v) is 6.02. The molecule has 1 aliphatic rings. The summed E-state index contributed by atoms with van der Waals surface area (Å²) in [5.41, 5.74) is 1.07. The molecule has 1 saturated heterocycles. The van der Waals surface area contributed by atoms with Crippen LogP contribution >= 0.6 is 0 Å². The molecule has 25 heavy (non-hydrogen) atoms. The molecule has 1 amide bonds. The molecular formula is C20H24N2O3. The summed E-state index contributed by atoms with van der Waals surface area (Å²) in [4.78, 5) is 12.0. The fourth-order valence-corrected chi connectivity index (χ4v) is 2.79. The number of carbonyl (C=O) groups excluding carboxylic acids is 1. The van der Waals surface area contributed by atoms with Crippen LogP contribution in [0.3, 0.4) is 0 Å². The van der Waals surface area contributed by atoms with E-state index in [2.05, 4.69) is 10.6 Å². The summed E-state index contributed by atoms with van der Waals surface area (Å²) in [7, 11) is 0. The maximum atomic E-state index is 12.0. The Morgan fingerprint density at radius 3 is 2.76 bits per heavy atom. The molecule has 1 aliphatic heterocycles. The van der Waals surface area contributed by atoms with Gasteiger partial charge in [-0.2, -0.15) is 0 Å². The zero-order chi connectivity index (χ0) is 17.3. The average molecular weight is 340 g/mol. The van der Waals surface area contributed by atoms with Gasteiger partial charge in [0, 0.05) is 19.6 Å². The number of amides is 1. The number of ether oxygens (including phenoxy) is 2. The highest BCUT2D eigenvalue weighted by molar-refractivity contribution is 5.76. The summed E-state index contributed by atoms with van der Waals surface area (Å²) in [6.45, 7) is 2.84. The molecule has 5 nitrogen and oxygen atoms in total. The van der Waals surface area contributed by atoms with Gasteiger partial charge in [0.25, 0.3) is 0 Å². The fraction of sp³-hybridized carbons (Fsp3) is 0.350. The minimum absolute atomic E-state index is 0.0233. The van der Waals surface area contributed by atoms with Gasteiger partial charge in [0.2, 0.25) is 5.91 Å². The van der Waals surface area contributed by atoms with Gasteiger partial charge in [0.1, 0.15) is 11.5 Å². The number of carbonyl (C=O) groups is 1. The first kappa shape index (κ1) is 17.5. The summed E-state index contributed by atoms with van der Waals surface area (Å²) in [6.07, 6.45) is 1.09. The molecule has 0 saturated carbocycles. The first-order chi connectivity index (χ1) is 12.3. The van der Waals surface area contributed by atoms with Crippen molar-refractivity contribution in [1.82, 2.24) is 10.6 Å². The third kappa shape index (κ3) is 5.59. The summed E-state index contributed by atoms with van der Waals surface area (Å²) in [6, 6.07) is 17.6. The Labute approximate surface area is 148 Å². The van der Waals surface area contributed by atoms with Crippen molar-refractivity contribution in [3.63, 3.8) is 0 Å². The van der Waals surface area contributed by atoms with Crippen molar-refractivity contribution >= 4 is 5.91 Å². The Bertz CT molecular complexity index is 670. The monoisotopic (exact) mass is 340 g/mol. The van der Waals surface area contributed by atoms with Gasteiger partial charge < -0.3 is 20.1 Å². The van der Waals surface area contributed by atoms with E-state index in [1.165, 1.54) is 0 Å². The molecule has 1 atom stereocenters. The maximum absolute atomic E-state index is 12.0. The van der Waals surface area contributed by atoms with Gasteiger partial charge in [-0.05, 0) is 30.2 Å². The highest BCUT2D eigenvalue weighted by atomic mass is 16.5. The van der Waals surface area contributed by atoms with Crippen molar-refractivity contribution in [2.24, 2.45) is 0 Å². The van der Waals surface area contributed by atoms with E-state index in [9.17, 15) is 4.79 Å². The SMILES string of the molecule is O=C(CC1CNCCO1)NCCc1ccccc1Oc1ccccc1. The van der Waals surface area contributed by atoms with Gasteiger partial charge in [0.05, 0.1) is 19.1 Å². The van der Waals surface area contributed by atoms with Crippen LogP contribution in [0.2, 0.25) is 0 Å². The molecule has 0 spiro atoms. The van der Waals surface area contributed by atoms with Gasteiger partial charge >= 0.3 is 0 Å². The summed E-state index contributed by atoms with van der Waals surface area (Å²) in [5, 5.41) is 6.20. The van der Waals surface area contributed by atoms with Crippen LogP contribution in [0.5, 0.6) is 11.5 Å². The van der Waals surface area contributed by atoms with Crippen molar-refractivity contribution in [3.05, 3.63) is 60.2 Å². The third-order valence-corrected chi connectivity index (χ3v) is 4.08. The number of hydrogen-bond donors (Lipinski definition) is 2. The van der Waals surface area contributed by atoms with E-state index in [1.807, 2.05) is 54.6 Å². The van der Waals surface area contributed by atoms with Gasteiger partial charge in [0.15, 0.2) is 0 Å². The van der Waals surface area contributed by atoms with Crippen LogP contribution in [0.25, 0.3) is 0 Å². The first-order valence-corrected chi connectivity index (χ1v) is 8.71. The van der Waals surface area contributed by atoms with Gasteiger partial charge in [-0.15, -0.1) is 0 Å². The highest BCUT2D eigenvalue weighted by Crippen LogP contribution is 2.25. The molecule has 1 fully saturated rings. The minimum Gasteiger partial charge on any atom is -0.457 e. The number of nitrogens with one attached hydrogen (secondary N) is 2. The second kappa shape index (κ2) is 9.20. The van der Waals surface area contributed by atoms with Crippen molar-refractivity contribution in [1.29, 1.82) is 0 Å². The van der Waals surface area contributed by atoms with Crippen LogP contribution < -0.4 is 15.4 Å². The lowest BCUT2D eigenvalue weighted by Gasteiger charge is -2.23. The fourth-order valence-electron chi connectivity index (χ4n) is 2.79. The van der Waals surface area contributed by atoms with E-state index < -0.39 is 0 Å². The number of morpholine rings is 1. The molecule has 1 heterocycles. The van der Waals surface area contributed by atoms with Crippen molar-refractivity contribution in [2.45, 2.75) is 18.9 Å². The topological polar surface area (TPSA) is 59.6 Å². The Hall–Kier alpha value is -2.37. The standard InChI is InChI=1S/C20H24N2O3/c23-20(14-18-15-21-12-13-24-18)22-11-10-16-6-4-5-9-19(16)25-17-7-2-1-3-8-17/h1-9,18,21H,10-15H2,(H,22,23). The maximum Gasteiger partial charge on any atom is 0.222 e. The molecular weight excluding hydrogens is 316 g/mol. The predicted octanol–water partition coefficient (Wildman–Crippen LogP) is 2.52. The molecule has 3 rings (SSSR count). The van der Waals surface area contributed by atoms with Gasteiger partial charge in [-0.3, -0.25) is 4.79 Å². The lowest BCUT2D eigenvalue weighted by Crippen LogP contribution is -2.41. The van der Waals surface area contributed by atoms with E-state index in [-0.39, 0.29) is 12.0 Å². The van der Waals surface area contributed by atoms with Crippen molar-refractivity contribution in [2.75, 3.05) is 26.2 Å². The summed E-state index contributed by atoms with van der Waals surface area (Å²) < 4.78 is 11.5. The lowest BCUT2D eigenvalue weighted by molar-refractivity contribution is -0.124. The smallest absolute Gasteiger partial charge is 0.222 e. The number of benzene rings is 2. The normalized spacial score (nSPS) is 17.0. The Kier molecular flexibility index (Phi) is 6.42. The van der Waals surface area contributed by atoms with E-state index in [1.54, 1.807) is 0 Å². The Morgan fingerprint density at radius 1 is 1.16 bits per heavy atom. The Balaban J connectivity index is 1.48. The number of rotatable bonds is 7. The van der Waals surface area contributed by atoms with Crippen molar-refractivity contribution < 1.29 is 14.3 Å². The quantitative estimate of drug-likeness (QED) is 0.813. The molecule has 2 N–H and O–H groups in total. The molecule has 0 aliphatic carbocycles. The van der Waals surface area contributed by atoms with Gasteiger partial charge in [-0.25, -0.2) is 0 Å². The van der Waals surface area contributed by atoms with Crippen LogP contribution in [-0.4, -0.2) is 38.3 Å². The number of hydrogen-bond acceptors (Lipinski definition) is 4. The van der Waals surface area contributed by atoms with Crippen LogP contribution in [-0.2, 0) is 16.0 Å². The van der Waals surface area contributed by atoms with E-state index >= 15 is 0 Å². The molecule has 2 aromatic rings.